The molecule has 1 spiro atoms. The first-order chi connectivity index (χ1) is 9.27. The zero-order valence-corrected chi connectivity index (χ0v) is 12.8. The lowest BCUT2D eigenvalue weighted by Gasteiger charge is -2.48. The van der Waals surface area contributed by atoms with Gasteiger partial charge in [0.2, 0.25) is 0 Å². The Morgan fingerprint density at radius 2 is 1.89 bits per heavy atom. The molecule has 0 radical (unpaired) electrons. The molecule has 2 aliphatic carbocycles. The van der Waals surface area contributed by atoms with E-state index >= 15 is 0 Å². The van der Waals surface area contributed by atoms with Gasteiger partial charge in [0, 0.05) is 17.6 Å². The summed E-state index contributed by atoms with van der Waals surface area (Å²) in [4.78, 5) is 0. The topological polar surface area (TPSA) is 29.5 Å². The summed E-state index contributed by atoms with van der Waals surface area (Å²) in [5.41, 5.74) is 0.180. The molecule has 3 heteroatoms. The third kappa shape index (κ3) is 3.48. The van der Waals surface area contributed by atoms with Gasteiger partial charge < -0.3 is 9.84 Å². The van der Waals surface area contributed by atoms with Gasteiger partial charge in [-0.1, -0.05) is 19.3 Å². The van der Waals surface area contributed by atoms with Crippen LogP contribution in [0, 0.1) is 5.92 Å². The minimum Gasteiger partial charge on any atom is -0.392 e. The molecule has 0 aromatic rings. The molecule has 19 heavy (non-hydrogen) atoms. The molecule has 0 aromatic carbocycles. The molecule has 3 fully saturated rings. The van der Waals surface area contributed by atoms with Crippen LogP contribution in [0.5, 0.6) is 0 Å². The molecule has 2 nitrogen and oxygen atoms in total. The van der Waals surface area contributed by atoms with E-state index in [-0.39, 0.29) is 11.7 Å². The molecular formula is C16H28O2S. The summed E-state index contributed by atoms with van der Waals surface area (Å²) in [5.74, 6) is 1.44. The Bertz CT molecular complexity index is 284. The molecular weight excluding hydrogens is 256 g/mol. The summed E-state index contributed by atoms with van der Waals surface area (Å²) in [6.07, 6.45) is 12.8. The second-order valence-electron chi connectivity index (χ2n) is 6.80. The molecule has 0 amide bonds. The first-order valence-electron chi connectivity index (χ1n) is 8.21. The van der Waals surface area contributed by atoms with E-state index in [2.05, 4.69) is 0 Å². The molecule has 2 atom stereocenters. The Labute approximate surface area is 121 Å². The van der Waals surface area contributed by atoms with Crippen LogP contribution in [-0.2, 0) is 4.74 Å². The maximum Gasteiger partial charge on any atom is 0.0686 e. The Balaban J connectivity index is 1.42. The molecule has 1 saturated heterocycles. The standard InChI is InChI=1S/C16H28O2S/c17-15(12-19-14-5-2-1-3-6-14)13-7-10-18-16(11-13)8-4-9-16/h13-15,17H,1-12H2. The van der Waals surface area contributed by atoms with Crippen LogP contribution in [0.1, 0.15) is 64.2 Å². The van der Waals surface area contributed by atoms with E-state index < -0.39 is 0 Å². The van der Waals surface area contributed by atoms with Gasteiger partial charge in [-0.15, -0.1) is 0 Å². The van der Waals surface area contributed by atoms with Gasteiger partial charge in [0.05, 0.1) is 11.7 Å². The number of aliphatic hydroxyl groups excluding tert-OH is 1. The molecule has 0 aromatic heterocycles. The van der Waals surface area contributed by atoms with Crippen molar-refractivity contribution in [3.63, 3.8) is 0 Å². The summed E-state index contributed by atoms with van der Waals surface area (Å²) in [7, 11) is 0. The summed E-state index contributed by atoms with van der Waals surface area (Å²) in [5, 5.41) is 11.3. The van der Waals surface area contributed by atoms with Crippen LogP contribution in [0.4, 0.5) is 0 Å². The van der Waals surface area contributed by atoms with E-state index in [9.17, 15) is 5.11 Å². The van der Waals surface area contributed by atoms with Crippen LogP contribution in [0.2, 0.25) is 0 Å². The lowest BCUT2D eigenvalue weighted by molar-refractivity contribution is -0.154. The van der Waals surface area contributed by atoms with Crippen molar-refractivity contribution in [1.82, 2.24) is 0 Å². The van der Waals surface area contributed by atoms with Crippen molar-refractivity contribution in [1.29, 1.82) is 0 Å². The summed E-state index contributed by atoms with van der Waals surface area (Å²) >= 11 is 2.03. The first kappa shape index (κ1) is 14.2. The zero-order chi connectivity index (χ0) is 13.1. The Hall–Kier alpha value is 0.270. The highest BCUT2D eigenvalue weighted by atomic mass is 32.2. The van der Waals surface area contributed by atoms with Gasteiger partial charge in [0.25, 0.3) is 0 Å². The van der Waals surface area contributed by atoms with Crippen molar-refractivity contribution >= 4 is 11.8 Å². The molecule has 2 saturated carbocycles. The number of ether oxygens (including phenoxy) is 1. The molecule has 1 heterocycles. The van der Waals surface area contributed by atoms with Crippen molar-refractivity contribution in [3.8, 4) is 0 Å². The van der Waals surface area contributed by atoms with Crippen molar-refractivity contribution < 1.29 is 9.84 Å². The summed E-state index contributed by atoms with van der Waals surface area (Å²) in [6, 6.07) is 0. The maximum atomic E-state index is 10.5. The fourth-order valence-electron chi connectivity index (χ4n) is 3.92. The highest BCUT2D eigenvalue weighted by Gasteiger charge is 2.44. The van der Waals surface area contributed by atoms with Gasteiger partial charge in [0.1, 0.15) is 0 Å². The van der Waals surface area contributed by atoms with Crippen LogP contribution in [-0.4, -0.2) is 34.4 Å². The highest BCUT2D eigenvalue weighted by molar-refractivity contribution is 7.99. The highest BCUT2D eigenvalue weighted by Crippen LogP contribution is 2.45. The van der Waals surface area contributed by atoms with Gasteiger partial charge >= 0.3 is 0 Å². The van der Waals surface area contributed by atoms with Crippen molar-refractivity contribution in [3.05, 3.63) is 0 Å². The zero-order valence-electron chi connectivity index (χ0n) is 12.0. The quantitative estimate of drug-likeness (QED) is 0.852. The SMILES string of the molecule is OC(CSC1CCCCC1)C1CCOC2(CCC2)C1. The number of rotatable bonds is 4. The van der Waals surface area contributed by atoms with E-state index in [4.69, 9.17) is 4.74 Å². The van der Waals surface area contributed by atoms with Gasteiger partial charge in [-0.2, -0.15) is 11.8 Å². The van der Waals surface area contributed by atoms with E-state index in [1.54, 1.807) is 0 Å². The number of hydrogen-bond donors (Lipinski definition) is 1. The largest absolute Gasteiger partial charge is 0.392 e. The smallest absolute Gasteiger partial charge is 0.0686 e. The Morgan fingerprint density at radius 1 is 1.11 bits per heavy atom. The van der Waals surface area contributed by atoms with E-state index in [1.165, 1.54) is 51.4 Å². The minimum atomic E-state index is -0.103. The van der Waals surface area contributed by atoms with Gasteiger partial charge in [0.15, 0.2) is 0 Å². The Morgan fingerprint density at radius 3 is 2.58 bits per heavy atom. The van der Waals surface area contributed by atoms with Gasteiger partial charge in [-0.25, -0.2) is 0 Å². The lowest BCUT2D eigenvalue weighted by Crippen LogP contribution is -2.48. The van der Waals surface area contributed by atoms with E-state index in [0.717, 1.165) is 30.5 Å². The van der Waals surface area contributed by atoms with E-state index in [1.807, 2.05) is 11.8 Å². The summed E-state index contributed by atoms with van der Waals surface area (Å²) in [6.45, 7) is 0.871. The number of thioether (sulfide) groups is 1. The minimum absolute atomic E-state index is 0.103. The molecule has 1 N–H and O–H groups in total. The second kappa shape index (κ2) is 6.36. The molecule has 3 aliphatic rings. The van der Waals surface area contributed by atoms with Crippen molar-refractivity contribution in [2.24, 2.45) is 5.92 Å². The fourth-order valence-corrected chi connectivity index (χ4v) is 5.32. The van der Waals surface area contributed by atoms with Crippen LogP contribution >= 0.6 is 11.8 Å². The molecule has 3 rings (SSSR count). The lowest BCUT2D eigenvalue weighted by atomic mass is 9.71. The third-order valence-electron chi connectivity index (χ3n) is 5.39. The molecule has 0 bridgehead atoms. The van der Waals surface area contributed by atoms with Crippen molar-refractivity contribution in [2.75, 3.05) is 12.4 Å². The fraction of sp³-hybridized carbons (Fsp3) is 1.00. The molecule has 110 valence electrons. The summed E-state index contributed by atoms with van der Waals surface area (Å²) < 4.78 is 5.96. The molecule has 2 unspecified atom stereocenters. The predicted molar refractivity (Wildman–Crippen MR) is 80.6 cm³/mol. The average Bonchev–Trinajstić information content (AvgIpc) is 2.44. The third-order valence-corrected chi connectivity index (χ3v) is 6.87. The van der Waals surface area contributed by atoms with Crippen LogP contribution in [0.3, 0.4) is 0 Å². The van der Waals surface area contributed by atoms with Gasteiger partial charge in [-0.3, -0.25) is 0 Å². The number of aliphatic hydroxyl groups is 1. The van der Waals surface area contributed by atoms with Crippen molar-refractivity contribution in [2.45, 2.75) is 81.2 Å². The predicted octanol–water partition coefficient (Wildman–Crippen LogP) is 3.76. The van der Waals surface area contributed by atoms with Crippen LogP contribution in [0.15, 0.2) is 0 Å². The second-order valence-corrected chi connectivity index (χ2v) is 8.13. The average molecular weight is 284 g/mol. The first-order valence-corrected chi connectivity index (χ1v) is 9.26. The van der Waals surface area contributed by atoms with E-state index in [0.29, 0.717) is 5.92 Å². The van der Waals surface area contributed by atoms with Crippen LogP contribution < -0.4 is 0 Å². The maximum absolute atomic E-state index is 10.5. The molecule has 1 aliphatic heterocycles. The normalized spacial score (nSPS) is 33.0. The van der Waals surface area contributed by atoms with Crippen LogP contribution in [0.25, 0.3) is 0 Å². The monoisotopic (exact) mass is 284 g/mol. The number of hydrogen-bond acceptors (Lipinski definition) is 3. The Kier molecular flexibility index (Phi) is 4.76. The van der Waals surface area contributed by atoms with Gasteiger partial charge in [-0.05, 0) is 50.9 Å².